The number of benzene rings is 2. The van der Waals surface area contributed by atoms with Crippen LogP contribution in [-0.4, -0.2) is 14.6 Å². The van der Waals surface area contributed by atoms with Gasteiger partial charge in [0, 0.05) is 26.6 Å². The van der Waals surface area contributed by atoms with Crippen molar-refractivity contribution < 1.29 is 0 Å². The van der Waals surface area contributed by atoms with E-state index in [4.69, 9.17) is 11.6 Å². The van der Waals surface area contributed by atoms with E-state index in [0.29, 0.717) is 0 Å². The molecule has 0 radical (unpaired) electrons. The number of halogens is 1. The van der Waals surface area contributed by atoms with E-state index in [2.05, 4.69) is 22.5 Å². The van der Waals surface area contributed by atoms with Gasteiger partial charge in [-0.3, -0.25) is 4.40 Å². The minimum absolute atomic E-state index is 0.745. The normalized spacial score (nSPS) is 11.0. The molecule has 0 spiro atoms. The molecule has 0 aliphatic rings. The van der Waals surface area contributed by atoms with Gasteiger partial charge in [0.2, 0.25) is 0 Å². The first-order valence-electron chi connectivity index (χ1n) is 7.13. The van der Waals surface area contributed by atoms with E-state index in [-0.39, 0.29) is 0 Å². The van der Waals surface area contributed by atoms with Gasteiger partial charge in [-0.1, -0.05) is 53.7 Å². The molecule has 0 saturated carbocycles. The SMILES string of the molecule is Clc1ccc(Sc2ccc3nnc(-c4ccccc4)n3c2)cc1. The smallest absolute Gasteiger partial charge is 0.168 e. The minimum Gasteiger partial charge on any atom is -0.281 e. The van der Waals surface area contributed by atoms with E-state index in [1.165, 1.54) is 0 Å². The molecular formula is C18H12ClN3S. The van der Waals surface area contributed by atoms with Gasteiger partial charge in [0.05, 0.1) is 0 Å². The third-order valence-electron chi connectivity index (χ3n) is 3.46. The summed E-state index contributed by atoms with van der Waals surface area (Å²) in [5.41, 5.74) is 1.89. The number of hydrogen-bond acceptors (Lipinski definition) is 3. The van der Waals surface area contributed by atoms with Crippen LogP contribution in [0, 0.1) is 0 Å². The van der Waals surface area contributed by atoms with E-state index in [1.807, 2.05) is 65.1 Å². The van der Waals surface area contributed by atoms with Crippen LogP contribution in [0.2, 0.25) is 5.02 Å². The molecule has 0 N–H and O–H groups in total. The zero-order valence-electron chi connectivity index (χ0n) is 12.1. The Bertz CT molecular complexity index is 949. The Hall–Kier alpha value is -2.30. The standard InChI is InChI=1S/C18H12ClN3S/c19-14-6-8-15(9-7-14)23-16-10-11-17-20-21-18(22(17)12-16)13-4-2-1-3-5-13/h1-12H. The molecule has 5 heteroatoms. The van der Waals surface area contributed by atoms with Gasteiger partial charge in [-0.25, -0.2) is 0 Å². The maximum Gasteiger partial charge on any atom is 0.168 e. The van der Waals surface area contributed by atoms with Crippen LogP contribution in [0.4, 0.5) is 0 Å². The molecule has 4 rings (SSSR count). The third kappa shape index (κ3) is 2.96. The Morgan fingerprint density at radius 2 is 1.52 bits per heavy atom. The van der Waals surface area contributed by atoms with Crippen molar-refractivity contribution in [3.63, 3.8) is 0 Å². The molecule has 0 amide bonds. The monoisotopic (exact) mass is 337 g/mol. The zero-order valence-corrected chi connectivity index (χ0v) is 13.6. The molecule has 0 bridgehead atoms. The molecule has 0 aliphatic heterocycles. The molecule has 0 atom stereocenters. The van der Waals surface area contributed by atoms with Crippen LogP contribution in [0.5, 0.6) is 0 Å². The predicted octanol–water partition coefficient (Wildman–Crippen LogP) is 5.20. The fourth-order valence-electron chi connectivity index (χ4n) is 2.35. The minimum atomic E-state index is 0.745. The average Bonchev–Trinajstić information content (AvgIpc) is 3.01. The lowest BCUT2D eigenvalue weighted by molar-refractivity contribution is 1.10. The second-order valence-corrected chi connectivity index (χ2v) is 6.62. The van der Waals surface area contributed by atoms with Crippen molar-refractivity contribution in [1.29, 1.82) is 0 Å². The molecule has 0 aliphatic carbocycles. The quantitative estimate of drug-likeness (QED) is 0.514. The van der Waals surface area contributed by atoms with Gasteiger partial charge < -0.3 is 0 Å². The molecule has 0 unspecified atom stereocenters. The van der Waals surface area contributed by atoms with Crippen LogP contribution < -0.4 is 0 Å². The van der Waals surface area contributed by atoms with Gasteiger partial charge in [0.15, 0.2) is 11.5 Å². The van der Waals surface area contributed by atoms with Gasteiger partial charge in [0.1, 0.15) is 0 Å². The molecule has 2 aromatic heterocycles. The van der Waals surface area contributed by atoms with Crippen LogP contribution in [0.3, 0.4) is 0 Å². The highest BCUT2D eigenvalue weighted by molar-refractivity contribution is 7.99. The molecule has 4 aromatic rings. The van der Waals surface area contributed by atoms with Gasteiger partial charge >= 0.3 is 0 Å². The summed E-state index contributed by atoms with van der Waals surface area (Å²) in [6.07, 6.45) is 2.07. The highest BCUT2D eigenvalue weighted by Crippen LogP contribution is 2.29. The fraction of sp³-hybridized carbons (Fsp3) is 0. The summed E-state index contributed by atoms with van der Waals surface area (Å²) in [5, 5.41) is 9.30. The number of fused-ring (bicyclic) bond motifs is 1. The van der Waals surface area contributed by atoms with Crippen LogP contribution in [0.25, 0.3) is 17.0 Å². The summed E-state index contributed by atoms with van der Waals surface area (Å²) in [7, 11) is 0. The van der Waals surface area contributed by atoms with Crippen LogP contribution >= 0.6 is 23.4 Å². The first-order chi connectivity index (χ1) is 11.3. The van der Waals surface area contributed by atoms with Crippen LogP contribution in [0.15, 0.2) is 82.7 Å². The summed E-state index contributed by atoms with van der Waals surface area (Å²) in [6, 6.07) is 21.9. The van der Waals surface area contributed by atoms with E-state index in [0.717, 1.165) is 31.8 Å². The second kappa shape index (κ2) is 6.07. The van der Waals surface area contributed by atoms with Crippen LogP contribution in [-0.2, 0) is 0 Å². The van der Waals surface area contributed by atoms with Crippen LogP contribution in [0.1, 0.15) is 0 Å². The summed E-state index contributed by atoms with van der Waals surface area (Å²) >= 11 is 7.62. The highest BCUT2D eigenvalue weighted by atomic mass is 35.5. The van der Waals surface area contributed by atoms with E-state index in [9.17, 15) is 0 Å². The van der Waals surface area contributed by atoms with Crippen molar-refractivity contribution in [3.8, 4) is 11.4 Å². The molecule has 0 saturated heterocycles. The fourth-order valence-corrected chi connectivity index (χ4v) is 3.32. The Labute approximate surface area is 142 Å². The predicted molar refractivity (Wildman–Crippen MR) is 94.0 cm³/mol. The van der Waals surface area contributed by atoms with Crippen molar-refractivity contribution in [3.05, 3.63) is 77.9 Å². The molecule has 23 heavy (non-hydrogen) atoms. The molecule has 2 heterocycles. The summed E-state index contributed by atoms with van der Waals surface area (Å²) < 4.78 is 2.02. The lowest BCUT2D eigenvalue weighted by atomic mass is 10.2. The number of pyridine rings is 1. The van der Waals surface area contributed by atoms with Gasteiger partial charge in [0.25, 0.3) is 0 Å². The lowest BCUT2D eigenvalue weighted by Gasteiger charge is -2.04. The average molecular weight is 338 g/mol. The first kappa shape index (κ1) is 14.3. The van der Waals surface area contributed by atoms with Crippen molar-refractivity contribution >= 4 is 29.0 Å². The van der Waals surface area contributed by atoms with Crippen molar-refractivity contribution in [2.45, 2.75) is 9.79 Å². The zero-order chi connectivity index (χ0) is 15.6. The first-order valence-corrected chi connectivity index (χ1v) is 8.33. The summed E-state index contributed by atoms with van der Waals surface area (Å²) in [6.45, 7) is 0. The third-order valence-corrected chi connectivity index (χ3v) is 4.69. The molecule has 0 fully saturated rings. The largest absolute Gasteiger partial charge is 0.281 e. The van der Waals surface area contributed by atoms with E-state index in [1.54, 1.807) is 11.8 Å². The second-order valence-electron chi connectivity index (χ2n) is 5.04. The molecular weight excluding hydrogens is 326 g/mol. The Morgan fingerprint density at radius 3 is 2.30 bits per heavy atom. The Balaban J connectivity index is 1.73. The van der Waals surface area contributed by atoms with Crippen molar-refractivity contribution in [2.75, 3.05) is 0 Å². The van der Waals surface area contributed by atoms with Gasteiger partial charge in [-0.15, -0.1) is 10.2 Å². The number of aromatic nitrogens is 3. The van der Waals surface area contributed by atoms with Gasteiger partial charge in [-0.2, -0.15) is 0 Å². The molecule has 3 nitrogen and oxygen atoms in total. The Kier molecular flexibility index (Phi) is 3.77. The molecule has 2 aromatic carbocycles. The maximum absolute atomic E-state index is 5.94. The van der Waals surface area contributed by atoms with E-state index < -0.39 is 0 Å². The van der Waals surface area contributed by atoms with Crippen molar-refractivity contribution in [1.82, 2.24) is 14.6 Å². The Morgan fingerprint density at radius 1 is 0.783 bits per heavy atom. The number of nitrogens with zero attached hydrogens (tertiary/aromatic N) is 3. The number of hydrogen-bond donors (Lipinski definition) is 0. The topological polar surface area (TPSA) is 30.2 Å². The molecule has 112 valence electrons. The summed E-state index contributed by atoms with van der Waals surface area (Å²) in [4.78, 5) is 2.26. The highest BCUT2D eigenvalue weighted by Gasteiger charge is 2.08. The maximum atomic E-state index is 5.94. The van der Waals surface area contributed by atoms with Crippen molar-refractivity contribution in [2.24, 2.45) is 0 Å². The number of rotatable bonds is 3. The van der Waals surface area contributed by atoms with Gasteiger partial charge in [-0.05, 0) is 36.4 Å². The summed E-state index contributed by atoms with van der Waals surface area (Å²) in [5.74, 6) is 0.846. The lowest BCUT2D eigenvalue weighted by Crippen LogP contribution is -1.89. The van der Waals surface area contributed by atoms with E-state index >= 15 is 0 Å².